The Morgan fingerprint density at radius 2 is 2.18 bits per heavy atom. The predicted octanol–water partition coefficient (Wildman–Crippen LogP) is 2.46. The summed E-state index contributed by atoms with van der Waals surface area (Å²) in [6.45, 7) is 2.45. The topological polar surface area (TPSA) is 55.6 Å². The highest BCUT2D eigenvalue weighted by atomic mass is 16.5. The summed E-state index contributed by atoms with van der Waals surface area (Å²) in [5.41, 5.74) is 1.74. The molecule has 0 N–H and O–H groups in total. The smallest absolute Gasteiger partial charge is 0.259 e. The fraction of sp³-hybridized carbons (Fsp3) is 0.412. The first-order chi connectivity index (χ1) is 10.7. The van der Waals surface area contributed by atoms with Crippen LogP contribution in [0.2, 0.25) is 0 Å². The van der Waals surface area contributed by atoms with Gasteiger partial charge in [-0.1, -0.05) is 35.5 Å². The van der Waals surface area contributed by atoms with Gasteiger partial charge in [0.25, 0.3) is 5.91 Å². The number of carbonyl (C=O) groups excluding carboxylic acids is 1. The first kappa shape index (κ1) is 14.8. The highest BCUT2D eigenvalue weighted by molar-refractivity contribution is 5.95. The predicted molar refractivity (Wildman–Crippen MR) is 81.6 cm³/mol. The fourth-order valence-electron chi connectivity index (χ4n) is 3.11. The van der Waals surface area contributed by atoms with E-state index in [1.807, 2.05) is 23.1 Å². The molecule has 2 atom stereocenters. The second-order valence-corrected chi connectivity index (χ2v) is 5.61. The molecule has 1 saturated heterocycles. The summed E-state index contributed by atoms with van der Waals surface area (Å²) in [6, 6.07) is 10.2. The molecule has 1 fully saturated rings. The number of hydrogen-bond acceptors (Lipinski definition) is 4. The van der Waals surface area contributed by atoms with Crippen molar-refractivity contribution in [3.8, 4) is 0 Å². The van der Waals surface area contributed by atoms with Crippen molar-refractivity contribution >= 4 is 5.91 Å². The molecule has 1 aliphatic rings. The Hall–Kier alpha value is -2.14. The van der Waals surface area contributed by atoms with Gasteiger partial charge in [0.05, 0.1) is 18.3 Å². The third kappa shape index (κ3) is 2.76. The summed E-state index contributed by atoms with van der Waals surface area (Å²) >= 11 is 0. The second kappa shape index (κ2) is 6.32. The average molecular weight is 300 g/mol. The summed E-state index contributed by atoms with van der Waals surface area (Å²) in [7, 11) is 1.71. The quantitative estimate of drug-likeness (QED) is 0.870. The molecule has 1 aromatic heterocycles. The number of hydrogen-bond donors (Lipinski definition) is 0. The van der Waals surface area contributed by atoms with Gasteiger partial charge in [0.2, 0.25) is 0 Å². The maximum atomic E-state index is 12.8. The Morgan fingerprint density at radius 1 is 1.41 bits per heavy atom. The fourth-order valence-corrected chi connectivity index (χ4v) is 3.11. The number of amides is 1. The Morgan fingerprint density at radius 3 is 2.82 bits per heavy atom. The van der Waals surface area contributed by atoms with Gasteiger partial charge in [-0.2, -0.15) is 0 Å². The zero-order chi connectivity index (χ0) is 15.5. The van der Waals surface area contributed by atoms with E-state index in [-0.39, 0.29) is 18.1 Å². The van der Waals surface area contributed by atoms with Crippen molar-refractivity contribution < 1.29 is 14.1 Å². The summed E-state index contributed by atoms with van der Waals surface area (Å²) in [5.74, 6) is 0.531. The lowest BCUT2D eigenvalue weighted by molar-refractivity contribution is 0.0507. The Labute approximate surface area is 129 Å². The SMILES string of the molecule is CO[C@@H]1CCN(C(=O)c2cnoc2C)[C@@H]1Cc1ccccc1. The Kier molecular flexibility index (Phi) is 4.24. The van der Waals surface area contributed by atoms with Crippen LogP contribution in [-0.4, -0.2) is 41.8 Å². The molecule has 5 heteroatoms. The van der Waals surface area contributed by atoms with Crippen molar-refractivity contribution in [2.75, 3.05) is 13.7 Å². The molecule has 5 nitrogen and oxygen atoms in total. The number of ether oxygens (including phenoxy) is 1. The second-order valence-electron chi connectivity index (χ2n) is 5.61. The van der Waals surface area contributed by atoms with E-state index in [1.165, 1.54) is 11.8 Å². The highest BCUT2D eigenvalue weighted by Gasteiger charge is 2.38. The van der Waals surface area contributed by atoms with E-state index in [1.54, 1.807) is 14.0 Å². The number of rotatable bonds is 4. The molecule has 116 valence electrons. The number of aromatic nitrogens is 1. The van der Waals surface area contributed by atoms with Crippen molar-refractivity contribution in [1.29, 1.82) is 0 Å². The van der Waals surface area contributed by atoms with Gasteiger partial charge in [-0.15, -0.1) is 0 Å². The number of likely N-dealkylation sites (tertiary alicyclic amines) is 1. The van der Waals surface area contributed by atoms with Gasteiger partial charge >= 0.3 is 0 Å². The zero-order valence-electron chi connectivity index (χ0n) is 12.9. The number of aryl methyl sites for hydroxylation is 1. The Bertz CT molecular complexity index is 638. The van der Waals surface area contributed by atoms with Crippen molar-refractivity contribution in [3.05, 3.63) is 53.4 Å². The van der Waals surface area contributed by atoms with Crippen LogP contribution in [0, 0.1) is 6.92 Å². The van der Waals surface area contributed by atoms with Crippen LogP contribution in [0.15, 0.2) is 41.1 Å². The minimum absolute atomic E-state index is 0.0285. The van der Waals surface area contributed by atoms with Crippen molar-refractivity contribution in [2.45, 2.75) is 31.9 Å². The third-order valence-corrected chi connectivity index (χ3v) is 4.32. The lowest BCUT2D eigenvalue weighted by Crippen LogP contribution is -2.41. The molecule has 0 bridgehead atoms. The van der Waals surface area contributed by atoms with Crippen LogP contribution in [0.3, 0.4) is 0 Å². The van der Waals surface area contributed by atoms with E-state index in [0.717, 1.165) is 12.8 Å². The minimum Gasteiger partial charge on any atom is -0.379 e. The van der Waals surface area contributed by atoms with Gasteiger partial charge in [0.1, 0.15) is 11.3 Å². The molecule has 1 aliphatic heterocycles. The first-order valence-corrected chi connectivity index (χ1v) is 7.49. The van der Waals surface area contributed by atoms with Gasteiger partial charge in [0.15, 0.2) is 0 Å². The lowest BCUT2D eigenvalue weighted by Gasteiger charge is -2.27. The minimum atomic E-state index is -0.0285. The molecule has 0 saturated carbocycles. The number of methoxy groups -OCH3 is 1. The van der Waals surface area contributed by atoms with Crippen molar-refractivity contribution in [2.24, 2.45) is 0 Å². The third-order valence-electron chi connectivity index (χ3n) is 4.32. The van der Waals surface area contributed by atoms with Crippen molar-refractivity contribution in [1.82, 2.24) is 10.1 Å². The molecule has 1 aromatic carbocycles. The maximum Gasteiger partial charge on any atom is 0.259 e. The molecule has 2 heterocycles. The van der Waals surface area contributed by atoms with Crippen LogP contribution in [0.5, 0.6) is 0 Å². The van der Waals surface area contributed by atoms with E-state index in [9.17, 15) is 4.79 Å². The summed E-state index contributed by atoms with van der Waals surface area (Å²) < 4.78 is 10.6. The molecule has 0 radical (unpaired) electrons. The van der Waals surface area contributed by atoms with E-state index < -0.39 is 0 Å². The molecule has 0 spiro atoms. The molecular formula is C17H20N2O3. The summed E-state index contributed by atoms with van der Waals surface area (Å²) in [6.07, 6.45) is 3.20. The largest absolute Gasteiger partial charge is 0.379 e. The average Bonchev–Trinajstić information content (AvgIpc) is 3.14. The van der Waals surface area contributed by atoms with Crippen LogP contribution in [-0.2, 0) is 11.2 Å². The van der Waals surface area contributed by atoms with Gasteiger partial charge in [-0.3, -0.25) is 4.79 Å². The van der Waals surface area contributed by atoms with Gasteiger partial charge < -0.3 is 14.2 Å². The van der Waals surface area contributed by atoms with Crippen LogP contribution >= 0.6 is 0 Å². The van der Waals surface area contributed by atoms with E-state index in [0.29, 0.717) is 17.9 Å². The number of nitrogens with zero attached hydrogens (tertiary/aromatic N) is 2. The van der Waals surface area contributed by atoms with E-state index in [4.69, 9.17) is 9.26 Å². The molecule has 1 amide bonds. The molecular weight excluding hydrogens is 280 g/mol. The molecule has 22 heavy (non-hydrogen) atoms. The molecule has 3 rings (SSSR count). The molecule has 0 aliphatic carbocycles. The maximum absolute atomic E-state index is 12.8. The van der Waals surface area contributed by atoms with E-state index >= 15 is 0 Å². The Balaban J connectivity index is 1.83. The monoisotopic (exact) mass is 300 g/mol. The first-order valence-electron chi connectivity index (χ1n) is 7.49. The molecule has 2 aromatic rings. The standard InChI is InChI=1S/C17H20N2O3/c1-12-14(11-18-22-12)17(20)19-9-8-16(21-2)15(19)10-13-6-4-3-5-7-13/h3-7,11,15-16H,8-10H2,1-2H3/t15-,16-/m1/s1. The number of benzene rings is 1. The van der Waals surface area contributed by atoms with Gasteiger partial charge in [-0.25, -0.2) is 0 Å². The van der Waals surface area contributed by atoms with Crippen LogP contribution in [0.25, 0.3) is 0 Å². The zero-order valence-corrected chi connectivity index (χ0v) is 12.9. The highest BCUT2D eigenvalue weighted by Crippen LogP contribution is 2.26. The summed E-state index contributed by atoms with van der Waals surface area (Å²) in [5, 5.41) is 3.71. The van der Waals surface area contributed by atoms with Gasteiger partial charge in [-0.05, 0) is 25.3 Å². The van der Waals surface area contributed by atoms with Crippen molar-refractivity contribution in [3.63, 3.8) is 0 Å². The van der Waals surface area contributed by atoms with Crippen LogP contribution in [0.1, 0.15) is 28.1 Å². The number of carbonyl (C=O) groups is 1. The normalized spacial score (nSPS) is 21.3. The van der Waals surface area contributed by atoms with Crippen LogP contribution in [0.4, 0.5) is 0 Å². The summed E-state index contributed by atoms with van der Waals surface area (Å²) in [4.78, 5) is 14.7. The van der Waals surface area contributed by atoms with Crippen LogP contribution < -0.4 is 0 Å². The van der Waals surface area contributed by atoms with E-state index in [2.05, 4.69) is 17.3 Å². The lowest BCUT2D eigenvalue weighted by atomic mass is 10.0. The van der Waals surface area contributed by atoms with Gasteiger partial charge in [0, 0.05) is 13.7 Å². The molecule has 0 unspecified atom stereocenters.